The molecule has 1 amide bonds. The van der Waals surface area contributed by atoms with Crippen molar-refractivity contribution in [3.8, 4) is 0 Å². The molecule has 0 bridgehead atoms. The van der Waals surface area contributed by atoms with Crippen molar-refractivity contribution in [1.82, 2.24) is 5.32 Å². The molecule has 2 N–H and O–H groups in total. The Balaban J connectivity index is 1.82. The third-order valence-electron chi connectivity index (χ3n) is 3.57. The van der Waals surface area contributed by atoms with Crippen LogP contribution in [0.2, 0.25) is 0 Å². The largest absolute Gasteiger partial charge is 0.391 e. The van der Waals surface area contributed by atoms with Gasteiger partial charge in [-0.25, -0.2) is 4.39 Å². The third kappa shape index (κ3) is 3.53. The highest BCUT2D eigenvalue weighted by Gasteiger charge is 2.44. The zero-order valence-corrected chi connectivity index (χ0v) is 11.1. The van der Waals surface area contributed by atoms with E-state index < -0.39 is 6.10 Å². The number of rotatable bonds is 6. The highest BCUT2D eigenvalue weighted by atomic mass is 19.1. The van der Waals surface area contributed by atoms with Gasteiger partial charge in [0.15, 0.2) is 0 Å². The maximum absolute atomic E-state index is 13.6. The van der Waals surface area contributed by atoms with Gasteiger partial charge in [-0.15, -0.1) is 0 Å². The maximum Gasteiger partial charge on any atom is 0.223 e. The highest BCUT2D eigenvalue weighted by molar-refractivity contribution is 5.82. The fourth-order valence-corrected chi connectivity index (χ4v) is 2.39. The van der Waals surface area contributed by atoms with Crippen LogP contribution in [-0.4, -0.2) is 23.7 Å². The second kappa shape index (κ2) is 6.15. The molecule has 4 heteroatoms. The van der Waals surface area contributed by atoms with E-state index in [-0.39, 0.29) is 30.1 Å². The van der Waals surface area contributed by atoms with Crippen LogP contribution in [0.3, 0.4) is 0 Å². The SMILES string of the molecule is CCCC(O)CNC(=O)C1CC1c1ccccc1F. The van der Waals surface area contributed by atoms with Crippen molar-refractivity contribution >= 4 is 5.91 Å². The van der Waals surface area contributed by atoms with Gasteiger partial charge < -0.3 is 10.4 Å². The smallest absolute Gasteiger partial charge is 0.223 e. The van der Waals surface area contributed by atoms with E-state index in [0.29, 0.717) is 18.4 Å². The van der Waals surface area contributed by atoms with Crippen molar-refractivity contribution in [2.45, 2.75) is 38.2 Å². The predicted octanol–water partition coefficient (Wildman–Crippen LogP) is 2.21. The normalized spacial score (nSPS) is 22.9. The van der Waals surface area contributed by atoms with Gasteiger partial charge in [-0.1, -0.05) is 31.5 Å². The number of aliphatic hydroxyl groups excluding tert-OH is 1. The molecule has 2 rings (SSSR count). The van der Waals surface area contributed by atoms with Crippen LogP contribution >= 0.6 is 0 Å². The summed E-state index contributed by atoms with van der Waals surface area (Å²) in [5, 5.41) is 12.3. The molecule has 0 aliphatic heterocycles. The number of hydrogen-bond donors (Lipinski definition) is 2. The van der Waals surface area contributed by atoms with Gasteiger partial charge in [0.25, 0.3) is 0 Å². The molecule has 0 aromatic heterocycles. The number of amides is 1. The molecule has 3 nitrogen and oxygen atoms in total. The van der Waals surface area contributed by atoms with Crippen LogP contribution < -0.4 is 5.32 Å². The van der Waals surface area contributed by atoms with Gasteiger partial charge in [-0.05, 0) is 30.4 Å². The zero-order chi connectivity index (χ0) is 13.8. The number of nitrogens with one attached hydrogen (secondary N) is 1. The minimum Gasteiger partial charge on any atom is -0.391 e. The number of hydrogen-bond acceptors (Lipinski definition) is 2. The topological polar surface area (TPSA) is 49.3 Å². The van der Waals surface area contributed by atoms with Gasteiger partial charge in [0.2, 0.25) is 5.91 Å². The van der Waals surface area contributed by atoms with E-state index in [1.807, 2.05) is 6.92 Å². The summed E-state index contributed by atoms with van der Waals surface area (Å²) in [7, 11) is 0. The second-order valence-corrected chi connectivity index (χ2v) is 5.16. The Bertz CT molecular complexity index is 450. The molecule has 0 spiro atoms. The fraction of sp³-hybridized carbons (Fsp3) is 0.533. The molecule has 1 aromatic carbocycles. The van der Waals surface area contributed by atoms with Crippen molar-refractivity contribution in [2.24, 2.45) is 5.92 Å². The average Bonchev–Trinajstić information content (AvgIpc) is 3.17. The Morgan fingerprint density at radius 3 is 2.95 bits per heavy atom. The molecular formula is C15H20FNO2. The Morgan fingerprint density at radius 2 is 2.26 bits per heavy atom. The summed E-state index contributed by atoms with van der Waals surface area (Å²) in [4.78, 5) is 11.9. The molecule has 1 fully saturated rings. The van der Waals surface area contributed by atoms with Crippen molar-refractivity contribution < 1.29 is 14.3 Å². The minimum atomic E-state index is -0.486. The first kappa shape index (κ1) is 14.0. The Hall–Kier alpha value is -1.42. The van der Waals surface area contributed by atoms with Crippen molar-refractivity contribution in [3.63, 3.8) is 0 Å². The van der Waals surface area contributed by atoms with Gasteiger partial charge in [-0.2, -0.15) is 0 Å². The summed E-state index contributed by atoms with van der Waals surface area (Å²) in [6.07, 6.45) is 1.77. The number of halogens is 1. The first-order valence-corrected chi connectivity index (χ1v) is 6.83. The number of carbonyl (C=O) groups is 1. The van der Waals surface area contributed by atoms with Crippen LogP contribution in [0.1, 0.15) is 37.7 Å². The lowest BCUT2D eigenvalue weighted by Gasteiger charge is -2.10. The van der Waals surface area contributed by atoms with E-state index in [2.05, 4.69) is 5.32 Å². The molecule has 0 heterocycles. The molecule has 3 unspecified atom stereocenters. The van der Waals surface area contributed by atoms with Crippen molar-refractivity contribution in [3.05, 3.63) is 35.6 Å². The van der Waals surface area contributed by atoms with Crippen molar-refractivity contribution in [2.75, 3.05) is 6.54 Å². The van der Waals surface area contributed by atoms with E-state index >= 15 is 0 Å². The van der Waals surface area contributed by atoms with Gasteiger partial charge in [0.05, 0.1) is 6.10 Å². The molecule has 3 atom stereocenters. The van der Waals surface area contributed by atoms with Crippen LogP contribution in [0.25, 0.3) is 0 Å². The molecule has 1 aliphatic rings. The number of aliphatic hydroxyl groups is 1. The summed E-state index contributed by atoms with van der Waals surface area (Å²) in [5.74, 6) is -0.479. The van der Waals surface area contributed by atoms with Crippen LogP contribution in [0.5, 0.6) is 0 Å². The van der Waals surface area contributed by atoms with Gasteiger partial charge in [0, 0.05) is 12.5 Å². The summed E-state index contributed by atoms with van der Waals surface area (Å²) >= 11 is 0. The van der Waals surface area contributed by atoms with Gasteiger partial charge >= 0.3 is 0 Å². The van der Waals surface area contributed by atoms with Crippen molar-refractivity contribution in [1.29, 1.82) is 0 Å². The molecule has 1 saturated carbocycles. The van der Waals surface area contributed by atoms with E-state index in [1.165, 1.54) is 6.07 Å². The summed E-state index contributed by atoms with van der Waals surface area (Å²) < 4.78 is 13.6. The number of benzene rings is 1. The third-order valence-corrected chi connectivity index (χ3v) is 3.57. The van der Waals surface area contributed by atoms with Crippen LogP contribution in [0.4, 0.5) is 4.39 Å². The zero-order valence-electron chi connectivity index (χ0n) is 11.1. The summed E-state index contributed by atoms with van der Waals surface area (Å²) in [6.45, 7) is 2.27. The summed E-state index contributed by atoms with van der Waals surface area (Å²) in [6, 6.07) is 6.60. The Kier molecular flexibility index (Phi) is 4.53. The van der Waals surface area contributed by atoms with E-state index in [9.17, 15) is 14.3 Å². The van der Waals surface area contributed by atoms with E-state index in [0.717, 1.165) is 6.42 Å². The molecule has 1 aliphatic carbocycles. The van der Waals surface area contributed by atoms with Crippen LogP contribution in [0, 0.1) is 11.7 Å². The molecule has 104 valence electrons. The lowest BCUT2D eigenvalue weighted by molar-refractivity contribution is -0.122. The maximum atomic E-state index is 13.6. The second-order valence-electron chi connectivity index (χ2n) is 5.16. The van der Waals surface area contributed by atoms with Crippen LogP contribution in [0.15, 0.2) is 24.3 Å². The summed E-state index contributed by atoms with van der Waals surface area (Å²) in [5.41, 5.74) is 0.622. The lowest BCUT2D eigenvalue weighted by Crippen LogP contribution is -2.33. The van der Waals surface area contributed by atoms with E-state index in [1.54, 1.807) is 18.2 Å². The van der Waals surface area contributed by atoms with Gasteiger partial charge in [-0.3, -0.25) is 4.79 Å². The first-order chi connectivity index (χ1) is 9.13. The van der Waals surface area contributed by atoms with Crippen LogP contribution in [-0.2, 0) is 4.79 Å². The monoisotopic (exact) mass is 265 g/mol. The standard InChI is InChI=1S/C15H20FNO2/c1-2-5-10(18)9-17-15(19)13-8-12(13)11-6-3-4-7-14(11)16/h3-4,6-7,10,12-13,18H,2,5,8-9H2,1H3,(H,17,19). The molecular weight excluding hydrogens is 245 g/mol. The Morgan fingerprint density at radius 1 is 1.53 bits per heavy atom. The van der Waals surface area contributed by atoms with Gasteiger partial charge in [0.1, 0.15) is 5.82 Å². The molecule has 0 saturated heterocycles. The quantitative estimate of drug-likeness (QED) is 0.828. The Labute approximate surface area is 112 Å². The number of carbonyl (C=O) groups excluding carboxylic acids is 1. The molecule has 19 heavy (non-hydrogen) atoms. The average molecular weight is 265 g/mol. The molecule has 1 aromatic rings. The molecule has 0 radical (unpaired) electrons. The predicted molar refractivity (Wildman–Crippen MR) is 71.2 cm³/mol. The highest BCUT2D eigenvalue weighted by Crippen LogP contribution is 2.48. The minimum absolute atomic E-state index is 0.00971. The lowest BCUT2D eigenvalue weighted by atomic mass is 10.1. The first-order valence-electron chi connectivity index (χ1n) is 6.83. The van der Waals surface area contributed by atoms with E-state index in [4.69, 9.17) is 0 Å². The fourth-order valence-electron chi connectivity index (χ4n) is 2.39.